The summed E-state index contributed by atoms with van der Waals surface area (Å²) < 4.78 is 0. The molecule has 2 heteroatoms. The number of nitrogens with one attached hydrogen (secondary N) is 1. The number of aryl methyl sites for hydroxylation is 1. The van der Waals surface area contributed by atoms with E-state index < -0.39 is 0 Å². The summed E-state index contributed by atoms with van der Waals surface area (Å²) in [4.78, 5) is 0. The van der Waals surface area contributed by atoms with Gasteiger partial charge >= 0.3 is 0 Å². The molecule has 0 amide bonds. The molecular weight excluding hydrogens is 222 g/mol. The lowest BCUT2D eigenvalue weighted by atomic mass is 9.92. The summed E-state index contributed by atoms with van der Waals surface area (Å²) in [7, 11) is 0. The molecule has 1 rings (SSSR count). The summed E-state index contributed by atoms with van der Waals surface area (Å²) in [6, 6.07) is 9.41. The predicted molar refractivity (Wildman–Crippen MR) is 77.7 cm³/mol. The molecule has 0 radical (unpaired) electrons. The van der Waals surface area contributed by atoms with Gasteiger partial charge in [-0.05, 0) is 43.7 Å². The highest BCUT2D eigenvalue weighted by Gasteiger charge is 2.19. The summed E-state index contributed by atoms with van der Waals surface area (Å²) >= 11 is 0. The van der Waals surface area contributed by atoms with E-state index in [1.807, 2.05) is 0 Å². The van der Waals surface area contributed by atoms with Crippen LogP contribution in [0.25, 0.3) is 0 Å². The molecule has 2 nitrogen and oxygen atoms in total. The van der Waals surface area contributed by atoms with Crippen LogP contribution in [-0.4, -0.2) is 17.8 Å². The highest BCUT2D eigenvalue weighted by atomic mass is 16.2. The van der Waals surface area contributed by atoms with Crippen LogP contribution in [0.2, 0.25) is 0 Å². The molecule has 1 aromatic carbocycles. The van der Waals surface area contributed by atoms with Crippen molar-refractivity contribution in [3.63, 3.8) is 0 Å². The van der Waals surface area contributed by atoms with Crippen molar-refractivity contribution in [2.75, 3.05) is 6.61 Å². The molecule has 0 aliphatic heterocycles. The van der Waals surface area contributed by atoms with Gasteiger partial charge in [0.2, 0.25) is 0 Å². The van der Waals surface area contributed by atoms with Gasteiger partial charge in [-0.2, -0.15) is 0 Å². The largest absolute Gasteiger partial charge is 0.396 e. The van der Waals surface area contributed by atoms with E-state index in [0.29, 0.717) is 18.0 Å². The molecule has 0 aliphatic carbocycles. The van der Waals surface area contributed by atoms with Crippen LogP contribution in [0.3, 0.4) is 0 Å². The predicted octanol–water partition coefficient (Wildman–Crippen LogP) is 3.44. The smallest absolute Gasteiger partial charge is 0.0431 e. The fourth-order valence-electron chi connectivity index (χ4n) is 2.36. The maximum atomic E-state index is 8.89. The molecule has 1 aromatic rings. The Balaban J connectivity index is 2.75. The van der Waals surface area contributed by atoms with E-state index in [4.69, 9.17) is 5.11 Å². The van der Waals surface area contributed by atoms with Crippen LogP contribution < -0.4 is 5.32 Å². The lowest BCUT2D eigenvalue weighted by molar-refractivity contribution is 0.269. The van der Waals surface area contributed by atoms with E-state index in [-0.39, 0.29) is 6.61 Å². The number of hydrogen-bond acceptors (Lipinski definition) is 2. The topological polar surface area (TPSA) is 32.3 Å². The number of hydrogen-bond donors (Lipinski definition) is 2. The number of aliphatic hydroxyl groups excluding tert-OH is 1. The second-order valence-corrected chi connectivity index (χ2v) is 5.51. The van der Waals surface area contributed by atoms with Gasteiger partial charge in [-0.3, -0.25) is 0 Å². The van der Waals surface area contributed by atoms with E-state index >= 15 is 0 Å². The number of rotatable bonds is 7. The highest BCUT2D eigenvalue weighted by Crippen LogP contribution is 2.25. The van der Waals surface area contributed by atoms with Crippen molar-refractivity contribution in [3.8, 4) is 0 Å². The quantitative estimate of drug-likeness (QED) is 0.776. The Morgan fingerprint density at radius 1 is 1.17 bits per heavy atom. The van der Waals surface area contributed by atoms with Gasteiger partial charge in [-0.1, -0.05) is 38.1 Å². The van der Waals surface area contributed by atoms with Crippen LogP contribution in [-0.2, 0) is 0 Å². The lowest BCUT2D eigenvalue weighted by Crippen LogP contribution is -2.34. The van der Waals surface area contributed by atoms with Crippen LogP contribution in [0.4, 0.5) is 0 Å². The molecule has 0 fully saturated rings. The molecule has 0 saturated heterocycles. The molecule has 18 heavy (non-hydrogen) atoms. The van der Waals surface area contributed by atoms with Gasteiger partial charge in [0, 0.05) is 18.7 Å². The zero-order chi connectivity index (χ0) is 13.5. The van der Waals surface area contributed by atoms with Crippen molar-refractivity contribution in [1.29, 1.82) is 0 Å². The van der Waals surface area contributed by atoms with Gasteiger partial charge in [0.15, 0.2) is 0 Å². The minimum atomic E-state index is 0.280. The first-order chi connectivity index (χ1) is 8.56. The molecular formula is C16H27NO. The normalized spacial score (nSPS) is 14.8. The molecule has 102 valence electrons. The van der Waals surface area contributed by atoms with Crippen molar-refractivity contribution in [3.05, 3.63) is 35.4 Å². The van der Waals surface area contributed by atoms with Gasteiger partial charge in [0.05, 0.1) is 0 Å². The Morgan fingerprint density at radius 2 is 1.83 bits per heavy atom. The van der Waals surface area contributed by atoms with Crippen molar-refractivity contribution in [1.82, 2.24) is 5.32 Å². The second-order valence-electron chi connectivity index (χ2n) is 5.51. The van der Waals surface area contributed by atoms with Crippen molar-refractivity contribution in [2.45, 2.75) is 52.6 Å². The third-order valence-corrected chi connectivity index (χ3v) is 3.45. The standard InChI is InChI=1S/C16H27NO/c1-12(2)16(17-14(4)9-7-11-18)15-10-6-5-8-13(15)3/h5-6,8,10,12,14,16-18H,7,9,11H2,1-4H3. The first-order valence-corrected chi connectivity index (χ1v) is 6.98. The Hall–Kier alpha value is -0.860. The maximum absolute atomic E-state index is 8.89. The van der Waals surface area contributed by atoms with E-state index in [1.165, 1.54) is 11.1 Å². The monoisotopic (exact) mass is 249 g/mol. The summed E-state index contributed by atoms with van der Waals surface area (Å²) in [6.07, 6.45) is 1.89. The van der Waals surface area contributed by atoms with Crippen LogP contribution >= 0.6 is 0 Å². The summed E-state index contributed by atoms with van der Waals surface area (Å²) in [5.41, 5.74) is 2.74. The van der Waals surface area contributed by atoms with E-state index in [9.17, 15) is 0 Å². The average Bonchev–Trinajstić information content (AvgIpc) is 2.34. The van der Waals surface area contributed by atoms with Crippen molar-refractivity contribution < 1.29 is 5.11 Å². The Kier molecular flexibility index (Phi) is 6.37. The van der Waals surface area contributed by atoms with Crippen molar-refractivity contribution in [2.24, 2.45) is 5.92 Å². The first kappa shape index (κ1) is 15.2. The Morgan fingerprint density at radius 3 is 2.39 bits per heavy atom. The highest BCUT2D eigenvalue weighted by molar-refractivity contribution is 5.29. The minimum Gasteiger partial charge on any atom is -0.396 e. The average molecular weight is 249 g/mol. The molecule has 0 heterocycles. The van der Waals surface area contributed by atoms with Crippen LogP contribution in [0.15, 0.2) is 24.3 Å². The van der Waals surface area contributed by atoms with Gasteiger partial charge in [-0.25, -0.2) is 0 Å². The van der Waals surface area contributed by atoms with E-state index in [2.05, 4.69) is 57.3 Å². The lowest BCUT2D eigenvalue weighted by Gasteiger charge is -2.28. The molecule has 2 N–H and O–H groups in total. The molecule has 0 aliphatic rings. The SMILES string of the molecule is Cc1ccccc1C(NC(C)CCCO)C(C)C. The number of aliphatic hydroxyl groups is 1. The molecule has 0 aromatic heterocycles. The van der Waals surface area contributed by atoms with Crippen LogP contribution in [0.5, 0.6) is 0 Å². The fourth-order valence-corrected chi connectivity index (χ4v) is 2.36. The molecule has 2 atom stereocenters. The van der Waals surface area contributed by atoms with E-state index in [1.54, 1.807) is 0 Å². The Labute approximate surface area is 111 Å². The minimum absolute atomic E-state index is 0.280. The molecule has 0 bridgehead atoms. The number of benzene rings is 1. The van der Waals surface area contributed by atoms with Crippen LogP contribution in [0.1, 0.15) is 50.8 Å². The Bertz CT molecular complexity index is 349. The zero-order valence-corrected chi connectivity index (χ0v) is 12.1. The van der Waals surface area contributed by atoms with Gasteiger partial charge in [0.25, 0.3) is 0 Å². The molecule has 0 spiro atoms. The summed E-state index contributed by atoms with van der Waals surface area (Å²) in [5.74, 6) is 0.558. The van der Waals surface area contributed by atoms with Gasteiger partial charge in [-0.15, -0.1) is 0 Å². The van der Waals surface area contributed by atoms with Gasteiger partial charge in [0.1, 0.15) is 0 Å². The molecule has 2 unspecified atom stereocenters. The fraction of sp³-hybridized carbons (Fsp3) is 0.625. The first-order valence-electron chi connectivity index (χ1n) is 6.98. The van der Waals surface area contributed by atoms with Gasteiger partial charge < -0.3 is 10.4 Å². The van der Waals surface area contributed by atoms with Crippen LogP contribution in [0, 0.1) is 12.8 Å². The third-order valence-electron chi connectivity index (χ3n) is 3.45. The zero-order valence-electron chi connectivity index (χ0n) is 12.1. The third kappa shape index (κ3) is 4.43. The maximum Gasteiger partial charge on any atom is 0.0431 e. The molecule has 0 saturated carbocycles. The summed E-state index contributed by atoms with van der Waals surface area (Å²) in [5, 5.41) is 12.6. The van der Waals surface area contributed by atoms with E-state index in [0.717, 1.165) is 12.8 Å². The second kappa shape index (κ2) is 7.55. The summed E-state index contributed by atoms with van der Waals surface area (Å²) in [6.45, 7) is 9.16. The van der Waals surface area contributed by atoms with Crippen molar-refractivity contribution >= 4 is 0 Å².